The van der Waals surface area contributed by atoms with Crippen LogP contribution < -0.4 is 15.6 Å². The molecule has 0 aliphatic rings. The SMILES string of the molecule is COc1ccc(Cn2c(SCC(=O)NCC(C)C)nc3ccccc3c2=O)cc1. The fourth-order valence-electron chi connectivity index (χ4n) is 2.81. The number of methoxy groups -OCH3 is 1. The Morgan fingerprint density at radius 2 is 1.90 bits per heavy atom. The van der Waals surface area contributed by atoms with Gasteiger partial charge in [0.25, 0.3) is 5.56 Å². The van der Waals surface area contributed by atoms with Crippen molar-refractivity contribution >= 4 is 28.6 Å². The van der Waals surface area contributed by atoms with E-state index in [4.69, 9.17) is 4.74 Å². The molecule has 3 aromatic rings. The number of fused-ring (bicyclic) bond motifs is 1. The number of nitrogens with zero attached hydrogens (tertiary/aromatic N) is 2. The lowest BCUT2D eigenvalue weighted by atomic mass is 10.2. The molecule has 1 amide bonds. The Morgan fingerprint density at radius 3 is 2.59 bits per heavy atom. The molecule has 0 atom stereocenters. The molecule has 2 aromatic carbocycles. The van der Waals surface area contributed by atoms with Crippen LogP contribution in [0.15, 0.2) is 58.5 Å². The lowest BCUT2D eigenvalue weighted by Gasteiger charge is -2.14. The van der Waals surface area contributed by atoms with Crippen LogP contribution in [0.5, 0.6) is 5.75 Å². The first-order valence-corrected chi connectivity index (χ1v) is 10.5. The number of ether oxygens (including phenoxy) is 1. The molecule has 152 valence electrons. The maximum absolute atomic E-state index is 13.1. The van der Waals surface area contributed by atoms with Crippen molar-refractivity contribution in [3.05, 3.63) is 64.4 Å². The Morgan fingerprint density at radius 1 is 1.17 bits per heavy atom. The second-order valence-corrected chi connectivity index (χ2v) is 8.08. The number of thioether (sulfide) groups is 1. The van der Waals surface area contributed by atoms with Crippen molar-refractivity contribution in [1.29, 1.82) is 0 Å². The number of hydrogen-bond acceptors (Lipinski definition) is 5. The Kier molecular flexibility index (Phi) is 6.93. The summed E-state index contributed by atoms with van der Waals surface area (Å²) in [6.45, 7) is 5.09. The van der Waals surface area contributed by atoms with E-state index in [1.807, 2.05) is 56.3 Å². The molecule has 1 heterocycles. The highest BCUT2D eigenvalue weighted by Crippen LogP contribution is 2.20. The zero-order chi connectivity index (χ0) is 20.8. The lowest BCUT2D eigenvalue weighted by molar-refractivity contribution is -0.118. The van der Waals surface area contributed by atoms with Crippen LogP contribution in [-0.2, 0) is 11.3 Å². The third-order valence-electron chi connectivity index (χ3n) is 4.37. The first kappa shape index (κ1) is 20.9. The highest BCUT2D eigenvalue weighted by molar-refractivity contribution is 7.99. The van der Waals surface area contributed by atoms with Gasteiger partial charge in [0, 0.05) is 6.54 Å². The van der Waals surface area contributed by atoms with E-state index < -0.39 is 0 Å². The molecule has 0 radical (unpaired) electrons. The smallest absolute Gasteiger partial charge is 0.262 e. The van der Waals surface area contributed by atoms with E-state index in [0.717, 1.165) is 11.3 Å². The van der Waals surface area contributed by atoms with E-state index in [0.29, 0.717) is 35.1 Å². The minimum Gasteiger partial charge on any atom is -0.497 e. The molecule has 3 rings (SSSR count). The number of hydrogen-bond donors (Lipinski definition) is 1. The predicted molar refractivity (Wildman–Crippen MR) is 117 cm³/mol. The number of aromatic nitrogens is 2. The maximum atomic E-state index is 13.1. The van der Waals surface area contributed by atoms with Gasteiger partial charge >= 0.3 is 0 Å². The monoisotopic (exact) mass is 411 g/mol. The van der Waals surface area contributed by atoms with Gasteiger partial charge in [0.2, 0.25) is 5.91 Å². The number of carbonyl (C=O) groups is 1. The third-order valence-corrected chi connectivity index (χ3v) is 5.34. The van der Waals surface area contributed by atoms with Crippen LogP contribution in [0.3, 0.4) is 0 Å². The molecule has 29 heavy (non-hydrogen) atoms. The van der Waals surface area contributed by atoms with Crippen LogP contribution in [0, 0.1) is 5.92 Å². The van der Waals surface area contributed by atoms with Gasteiger partial charge < -0.3 is 10.1 Å². The standard InChI is InChI=1S/C22H25N3O3S/c1-15(2)12-23-20(26)14-29-22-24-19-7-5-4-6-18(19)21(27)25(22)13-16-8-10-17(28-3)11-9-16/h4-11,15H,12-14H2,1-3H3,(H,23,26). The van der Waals surface area contributed by atoms with E-state index in [-0.39, 0.29) is 17.2 Å². The zero-order valence-corrected chi connectivity index (χ0v) is 17.7. The van der Waals surface area contributed by atoms with Crippen molar-refractivity contribution in [3.63, 3.8) is 0 Å². The molecular formula is C22H25N3O3S. The zero-order valence-electron chi connectivity index (χ0n) is 16.8. The quantitative estimate of drug-likeness (QED) is 0.455. The van der Waals surface area contributed by atoms with E-state index in [2.05, 4.69) is 10.3 Å². The molecule has 0 aliphatic heterocycles. The summed E-state index contributed by atoms with van der Waals surface area (Å²) in [5.74, 6) is 1.28. The second-order valence-electron chi connectivity index (χ2n) is 7.14. The normalized spacial score (nSPS) is 11.0. The van der Waals surface area contributed by atoms with Crippen molar-refractivity contribution in [1.82, 2.24) is 14.9 Å². The predicted octanol–water partition coefficient (Wildman–Crippen LogP) is 3.32. The van der Waals surface area contributed by atoms with Crippen molar-refractivity contribution < 1.29 is 9.53 Å². The van der Waals surface area contributed by atoms with Crippen LogP contribution >= 0.6 is 11.8 Å². The molecule has 0 saturated heterocycles. The molecule has 6 nitrogen and oxygen atoms in total. The van der Waals surface area contributed by atoms with Gasteiger partial charge in [-0.3, -0.25) is 14.2 Å². The summed E-state index contributed by atoms with van der Waals surface area (Å²) < 4.78 is 6.83. The van der Waals surface area contributed by atoms with E-state index >= 15 is 0 Å². The van der Waals surface area contributed by atoms with Crippen molar-refractivity contribution in [2.75, 3.05) is 19.4 Å². The molecule has 0 aliphatic carbocycles. The van der Waals surface area contributed by atoms with E-state index in [1.165, 1.54) is 11.8 Å². The van der Waals surface area contributed by atoms with E-state index in [9.17, 15) is 9.59 Å². The molecule has 0 bridgehead atoms. The van der Waals surface area contributed by atoms with E-state index in [1.54, 1.807) is 17.7 Å². The average molecular weight is 412 g/mol. The summed E-state index contributed by atoms with van der Waals surface area (Å²) in [6.07, 6.45) is 0. The number of amides is 1. The third kappa shape index (κ3) is 5.38. The first-order chi connectivity index (χ1) is 14.0. The number of nitrogens with one attached hydrogen (secondary N) is 1. The molecule has 1 aromatic heterocycles. The molecule has 1 N–H and O–H groups in total. The van der Waals surface area contributed by atoms with Gasteiger partial charge in [-0.2, -0.15) is 0 Å². The number of benzene rings is 2. The number of carbonyl (C=O) groups excluding carboxylic acids is 1. The van der Waals surface area contributed by atoms with Crippen molar-refractivity contribution in [2.24, 2.45) is 5.92 Å². The fourth-order valence-corrected chi connectivity index (χ4v) is 3.64. The first-order valence-electron chi connectivity index (χ1n) is 9.50. The second kappa shape index (κ2) is 9.60. The van der Waals surface area contributed by atoms with Gasteiger partial charge in [-0.25, -0.2) is 4.98 Å². The van der Waals surface area contributed by atoms with Crippen LogP contribution in [-0.4, -0.2) is 34.9 Å². The van der Waals surface area contributed by atoms with Crippen LogP contribution in [0.4, 0.5) is 0 Å². The molecule has 0 saturated carbocycles. The minimum absolute atomic E-state index is 0.0675. The summed E-state index contributed by atoms with van der Waals surface area (Å²) in [5.41, 5.74) is 1.47. The maximum Gasteiger partial charge on any atom is 0.262 e. The lowest BCUT2D eigenvalue weighted by Crippen LogP contribution is -2.29. The topological polar surface area (TPSA) is 73.2 Å². The number of rotatable bonds is 8. The van der Waals surface area contributed by atoms with Crippen LogP contribution in [0.25, 0.3) is 10.9 Å². The number of para-hydroxylation sites is 1. The summed E-state index contributed by atoms with van der Waals surface area (Å²) in [5, 5.41) is 3.99. The van der Waals surface area contributed by atoms with Gasteiger partial charge in [-0.15, -0.1) is 0 Å². The summed E-state index contributed by atoms with van der Waals surface area (Å²) >= 11 is 1.28. The van der Waals surface area contributed by atoms with Gasteiger partial charge in [0.05, 0.1) is 30.3 Å². The van der Waals surface area contributed by atoms with Crippen molar-refractivity contribution in [3.8, 4) is 5.75 Å². The largest absolute Gasteiger partial charge is 0.497 e. The summed E-state index contributed by atoms with van der Waals surface area (Å²) in [6, 6.07) is 14.8. The Hall–Kier alpha value is -2.80. The van der Waals surface area contributed by atoms with Crippen LogP contribution in [0.1, 0.15) is 19.4 Å². The summed E-state index contributed by atoms with van der Waals surface area (Å²) in [7, 11) is 1.62. The molecule has 0 spiro atoms. The molecule has 0 unspecified atom stereocenters. The summed E-state index contributed by atoms with van der Waals surface area (Å²) in [4.78, 5) is 29.9. The van der Waals surface area contributed by atoms with Crippen LogP contribution in [0.2, 0.25) is 0 Å². The van der Waals surface area contributed by atoms with Gasteiger partial charge in [-0.05, 0) is 35.7 Å². The Bertz CT molecular complexity index is 1050. The minimum atomic E-state index is -0.114. The van der Waals surface area contributed by atoms with Crippen molar-refractivity contribution in [2.45, 2.75) is 25.5 Å². The highest BCUT2D eigenvalue weighted by atomic mass is 32.2. The highest BCUT2D eigenvalue weighted by Gasteiger charge is 2.14. The Labute approximate surface area is 174 Å². The molecule has 0 fully saturated rings. The average Bonchev–Trinajstić information content (AvgIpc) is 2.73. The molecular weight excluding hydrogens is 386 g/mol. The fraction of sp³-hybridized carbons (Fsp3) is 0.318. The van der Waals surface area contributed by atoms with Gasteiger partial charge in [0.15, 0.2) is 5.16 Å². The molecule has 7 heteroatoms. The van der Waals surface area contributed by atoms with Gasteiger partial charge in [-0.1, -0.05) is 49.9 Å². The Balaban J connectivity index is 1.90. The van der Waals surface area contributed by atoms with Gasteiger partial charge in [0.1, 0.15) is 5.75 Å².